The smallest absolute Gasteiger partial charge is 0.204 e. The minimum Gasteiger partial charge on any atom is -0.490 e. The Morgan fingerprint density at radius 2 is 2.00 bits per heavy atom. The number of nitrogens with one attached hydrogen (secondary N) is 2. The van der Waals surface area contributed by atoms with E-state index >= 15 is 0 Å². The highest BCUT2D eigenvalue weighted by atomic mass is 79.9. The highest BCUT2D eigenvalue weighted by molar-refractivity contribution is 9.10. The first-order valence-corrected chi connectivity index (χ1v) is 6.72. The molecule has 2 aromatic rings. The summed E-state index contributed by atoms with van der Waals surface area (Å²) in [4.78, 5) is 8.13. The molecule has 1 aromatic heterocycles. The predicted molar refractivity (Wildman–Crippen MR) is 80.5 cm³/mol. The number of aromatic nitrogens is 2. The van der Waals surface area contributed by atoms with E-state index in [1.807, 2.05) is 0 Å². The van der Waals surface area contributed by atoms with Gasteiger partial charge < -0.3 is 15.4 Å². The van der Waals surface area contributed by atoms with E-state index in [0.29, 0.717) is 27.5 Å². The summed E-state index contributed by atoms with van der Waals surface area (Å²) < 4.78 is 19.0. The second-order valence-electron chi connectivity index (χ2n) is 3.72. The molecule has 0 amide bonds. The van der Waals surface area contributed by atoms with Crippen molar-refractivity contribution in [2.24, 2.45) is 0 Å². The van der Waals surface area contributed by atoms with Crippen LogP contribution in [0.15, 0.2) is 22.9 Å². The van der Waals surface area contributed by atoms with Gasteiger partial charge in [-0.05, 0) is 28.1 Å². The molecule has 0 unspecified atom stereocenters. The van der Waals surface area contributed by atoms with Crippen molar-refractivity contribution in [1.82, 2.24) is 9.97 Å². The van der Waals surface area contributed by atoms with Crippen LogP contribution in [0.2, 0.25) is 5.02 Å². The summed E-state index contributed by atoms with van der Waals surface area (Å²) >= 11 is 9.27. The minimum atomic E-state index is -0.432. The van der Waals surface area contributed by atoms with Crippen LogP contribution < -0.4 is 15.4 Å². The molecule has 0 saturated carbocycles. The fraction of sp³-hybridized carbons (Fsp3) is 0.167. The van der Waals surface area contributed by atoms with Gasteiger partial charge in [0.05, 0.1) is 17.8 Å². The van der Waals surface area contributed by atoms with Crippen molar-refractivity contribution in [1.29, 1.82) is 0 Å². The normalized spacial score (nSPS) is 10.2. The maximum absolute atomic E-state index is 13.2. The summed E-state index contributed by atoms with van der Waals surface area (Å²) in [5.74, 6) is 0.945. The van der Waals surface area contributed by atoms with E-state index in [4.69, 9.17) is 16.3 Å². The standard InChI is InChI=1S/C12H11BrClFN4O/c1-16-11-10(20-2)12(18-5-17-11)19-9-7(13)3-6(15)4-8(9)14/h3-5H,1-2H3,(H2,16,17,18,19). The Morgan fingerprint density at radius 3 is 2.60 bits per heavy atom. The van der Waals surface area contributed by atoms with Gasteiger partial charge in [-0.2, -0.15) is 0 Å². The topological polar surface area (TPSA) is 59.1 Å². The monoisotopic (exact) mass is 360 g/mol. The van der Waals surface area contributed by atoms with Gasteiger partial charge in [-0.1, -0.05) is 11.6 Å². The van der Waals surface area contributed by atoms with Crippen molar-refractivity contribution >= 4 is 44.9 Å². The summed E-state index contributed by atoms with van der Waals surface area (Å²) in [7, 11) is 3.22. The summed E-state index contributed by atoms with van der Waals surface area (Å²) in [6.07, 6.45) is 1.38. The Bertz CT molecular complexity index is 618. The van der Waals surface area contributed by atoms with Gasteiger partial charge in [-0.3, -0.25) is 0 Å². The second kappa shape index (κ2) is 6.23. The van der Waals surface area contributed by atoms with Gasteiger partial charge in [-0.15, -0.1) is 0 Å². The molecule has 0 aliphatic rings. The lowest BCUT2D eigenvalue weighted by atomic mass is 10.3. The molecule has 20 heavy (non-hydrogen) atoms. The van der Waals surface area contributed by atoms with E-state index in [9.17, 15) is 4.39 Å². The van der Waals surface area contributed by atoms with E-state index in [0.717, 1.165) is 0 Å². The van der Waals surface area contributed by atoms with E-state index in [-0.39, 0.29) is 5.02 Å². The SMILES string of the molecule is CNc1ncnc(Nc2c(Cl)cc(F)cc2Br)c1OC. The molecule has 0 saturated heterocycles. The average Bonchev–Trinajstić information content (AvgIpc) is 2.42. The summed E-state index contributed by atoms with van der Waals surface area (Å²) in [5.41, 5.74) is 0.493. The molecule has 0 radical (unpaired) electrons. The summed E-state index contributed by atoms with van der Waals surface area (Å²) in [6, 6.07) is 2.52. The van der Waals surface area contributed by atoms with Crippen molar-refractivity contribution in [3.8, 4) is 5.75 Å². The average molecular weight is 362 g/mol. The first kappa shape index (κ1) is 14.8. The second-order valence-corrected chi connectivity index (χ2v) is 4.99. The van der Waals surface area contributed by atoms with Gasteiger partial charge in [0.2, 0.25) is 5.75 Å². The van der Waals surface area contributed by atoms with Crippen molar-refractivity contribution in [2.45, 2.75) is 0 Å². The molecule has 8 heteroatoms. The highest BCUT2D eigenvalue weighted by Crippen LogP contribution is 2.37. The van der Waals surface area contributed by atoms with Gasteiger partial charge in [0.15, 0.2) is 11.6 Å². The first-order chi connectivity index (χ1) is 9.56. The van der Waals surface area contributed by atoms with Crippen LogP contribution >= 0.6 is 27.5 Å². The van der Waals surface area contributed by atoms with Crippen LogP contribution in [-0.2, 0) is 0 Å². The number of anilines is 3. The summed E-state index contributed by atoms with van der Waals surface area (Å²) in [5, 5.41) is 6.12. The van der Waals surface area contributed by atoms with Gasteiger partial charge in [-0.25, -0.2) is 14.4 Å². The number of methoxy groups -OCH3 is 1. The van der Waals surface area contributed by atoms with Crippen LogP contribution in [-0.4, -0.2) is 24.1 Å². The predicted octanol–water partition coefficient (Wildman–Crippen LogP) is 3.83. The molecule has 2 rings (SSSR count). The van der Waals surface area contributed by atoms with Crippen LogP contribution in [0.1, 0.15) is 0 Å². The van der Waals surface area contributed by atoms with E-state index in [1.165, 1.54) is 25.6 Å². The van der Waals surface area contributed by atoms with Crippen LogP contribution in [0.3, 0.4) is 0 Å². The quantitative estimate of drug-likeness (QED) is 0.867. The Labute approximate surface area is 128 Å². The molecule has 0 atom stereocenters. The summed E-state index contributed by atoms with van der Waals surface area (Å²) in [6.45, 7) is 0. The molecule has 106 valence electrons. The largest absolute Gasteiger partial charge is 0.490 e. The van der Waals surface area contributed by atoms with Crippen molar-refractivity contribution in [3.05, 3.63) is 33.8 Å². The van der Waals surface area contributed by atoms with Crippen molar-refractivity contribution < 1.29 is 9.13 Å². The Morgan fingerprint density at radius 1 is 1.30 bits per heavy atom. The molecule has 0 fully saturated rings. The number of hydrogen-bond donors (Lipinski definition) is 2. The van der Waals surface area contributed by atoms with Crippen molar-refractivity contribution in [2.75, 3.05) is 24.8 Å². The van der Waals surface area contributed by atoms with Crippen molar-refractivity contribution in [3.63, 3.8) is 0 Å². The van der Waals surface area contributed by atoms with Gasteiger partial charge >= 0.3 is 0 Å². The number of hydrogen-bond acceptors (Lipinski definition) is 5. The zero-order valence-electron chi connectivity index (χ0n) is 10.7. The maximum Gasteiger partial charge on any atom is 0.204 e. The molecule has 1 heterocycles. The molecule has 0 aliphatic carbocycles. The molecule has 0 aliphatic heterocycles. The first-order valence-electron chi connectivity index (χ1n) is 5.55. The fourth-order valence-electron chi connectivity index (χ4n) is 1.61. The zero-order valence-corrected chi connectivity index (χ0v) is 13.0. The lowest BCUT2D eigenvalue weighted by Crippen LogP contribution is -2.04. The molecule has 2 N–H and O–H groups in total. The van der Waals surface area contributed by atoms with Crippen LogP contribution in [0.25, 0.3) is 0 Å². The fourth-order valence-corrected chi connectivity index (χ4v) is 2.51. The molecule has 5 nitrogen and oxygen atoms in total. The third kappa shape index (κ3) is 2.94. The lowest BCUT2D eigenvalue weighted by Gasteiger charge is -2.14. The Balaban J connectivity index is 2.45. The number of halogens is 3. The minimum absolute atomic E-state index is 0.226. The molecular weight excluding hydrogens is 351 g/mol. The molecule has 0 bridgehead atoms. The van der Waals surface area contributed by atoms with E-state index in [1.54, 1.807) is 7.05 Å². The lowest BCUT2D eigenvalue weighted by molar-refractivity contribution is 0.415. The number of benzene rings is 1. The van der Waals surface area contributed by atoms with Crippen LogP contribution in [0, 0.1) is 5.82 Å². The van der Waals surface area contributed by atoms with Crippen LogP contribution in [0.4, 0.5) is 21.7 Å². The van der Waals surface area contributed by atoms with Gasteiger partial charge in [0.1, 0.15) is 12.1 Å². The maximum atomic E-state index is 13.2. The molecular formula is C12H11BrClFN4O. The van der Waals surface area contributed by atoms with E-state index < -0.39 is 5.82 Å². The van der Waals surface area contributed by atoms with Crippen LogP contribution in [0.5, 0.6) is 5.75 Å². The number of nitrogens with zero attached hydrogens (tertiary/aromatic N) is 2. The Kier molecular flexibility index (Phi) is 4.61. The third-order valence-corrected chi connectivity index (χ3v) is 3.42. The number of ether oxygens (including phenoxy) is 1. The Hall–Kier alpha value is -1.60. The van der Waals surface area contributed by atoms with Gasteiger partial charge in [0.25, 0.3) is 0 Å². The zero-order chi connectivity index (χ0) is 14.7. The molecule has 0 spiro atoms. The van der Waals surface area contributed by atoms with Gasteiger partial charge in [0, 0.05) is 11.5 Å². The van der Waals surface area contributed by atoms with E-state index in [2.05, 4.69) is 36.5 Å². The molecule has 1 aromatic carbocycles. The highest BCUT2D eigenvalue weighted by Gasteiger charge is 2.15. The number of rotatable bonds is 4. The third-order valence-electron chi connectivity index (χ3n) is 2.50.